The first kappa shape index (κ1) is 18.1. The van der Waals surface area contributed by atoms with Crippen LogP contribution in [0.4, 0.5) is 4.39 Å². The zero-order valence-electron chi connectivity index (χ0n) is 15.7. The van der Waals surface area contributed by atoms with Gasteiger partial charge in [-0.05, 0) is 18.2 Å². The molecule has 2 aromatic heterocycles. The molecule has 144 valence electrons. The summed E-state index contributed by atoms with van der Waals surface area (Å²) in [7, 11) is 1.74. The molecule has 0 N–H and O–H groups in total. The number of benzene rings is 1. The number of aromatic nitrogens is 3. The molecule has 1 saturated heterocycles. The molecule has 0 bridgehead atoms. The lowest BCUT2D eigenvalue weighted by Crippen LogP contribution is -2.50. The van der Waals surface area contributed by atoms with Gasteiger partial charge in [-0.25, -0.2) is 9.37 Å². The normalized spacial score (nSPS) is 14.5. The van der Waals surface area contributed by atoms with Gasteiger partial charge in [-0.15, -0.1) is 0 Å². The van der Waals surface area contributed by atoms with Crippen molar-refractivity contribution in [2.45, 2.75) is 6.92 Å². The minimum absolute atomic E-state index is 0.00694. The SMILES string of the molecule is CC(=O)N1CCN(C(=O)c2cc(-c3ccccc3F)nc3c2cnn3C)CC1. The summed E-state index contributed by atoms with van der Waals surface area (Å²) in [6, 6.07) is 7.98. The third-order valence-corrected chi connectivity index (χ3v) is 5.10. The van der Waals surface area contributed by atoms with Crippen LogP contribution in [0.25, 0.3) is 22.3 Å². The summed E-state index contributed by atoms with van der Waals surface area (Å²) in [6.07, 6.45) is 1.60. The van der Waals surface area contributed by atoms with Crippen molar-refractivity contribution in [3.8, 4) is 11.3 Å². The summed E-state index contributed by atoms with van der Waals surface area (Å²) in [5.74, 6) is -0.557. The highest BCUT2D eigenvalue weighted by Crippen LogP contribution is 2.27. The van der Waals surface area contributed by atoms with E-state index in [1.165, 1.54) is 13.0 Å². The summed E-state index contributed by atoms with van der Waals surface area (Å²) >= 11 is 0. The van der Waals surface area contributed by atoms with Crippen LogP contribution in [0.1, 0.15) is 17.3 Å². The van der Waals surface area contributed by atoms with E-state index in [2.05, 4.69) is 10.1 Å². The number of pyridine rings is 1. The Morgan fingerprint density at radius 1 is 1.07 bits per heavy atom. The van der Waals surface area contributed by atoms with Crippen molar-refractivity contribution in [1.29, 1.82) is 0 Å². The van der Waals surface area contributed by atoms with E-state index in [1.54, 1.807) is 52.0 Å². The highest BCUT2D eigenvalue weighted by molar-refractivity contribution is 6.06. The fourth-order valence-corrected chi connectivity index (χ4v) is 3.49. The van der Waals surface area contributed by atoms with Gasteiger partial charge in [-0.2, -0.15) is 5.10 Å². The zero-order valence-corrected chi connectivity index (χ0v) is 15.7. The number of rotatable bonds is 2. The van der Waals surface area contributed by atoms with E-state index in [9.17, 15) is 14.0 Å². The molecule has 7 nitrogen and oxygen atoms in total. The average Bonchev–Trinajstić information content (AvgIpc) is 3.08. The fourth-order valence-electron chi connectivity index (χ4n) is 3.49. The first-order valence-corrected chi connectivity index (χ1v) is 9.08. The Hall–Kier alpha value is -3.29. The molecule has 0 radical (unpaired) electrons. The number of carbonyl (C=O) groups excluding carboxylic acids is 2. The molecule has 3 aromatic rings. The summed E-state index contributed by atoms with van der Waals surface area (Å²) in [5, 5.41) is 4.84. The van der Waals surface area contributed by atoms with Gasteiger partial charge in [0, 0.05) is 45.7 Å². The van der Waals surface area contributed by atoms with Crippen molar-refractivity contribution in [2.75, 3.05) is 26.2 Å². The lowest BCUT2D eigenvalue weighted by atomic mass is 10.1. The second kappa shape index (κ2) is 7.03. The maximum Gasteiger partial charge on any atom is 0.254 e. The second-order valence-electron chi connectivity index (χ2n) is 6.84. The Bertz CT molecular complexity index is 1070. The van der Waals surface area contributed by atoms with Crippen LogP contribution in [0.3, 0.4) is 0 Å². The van der Waals surface area contributed by atoms with Crippen LogP contribution in [0.15, 0.2) is 36.5 Å². The van der Waals surface area contributed by atoms with Crippen molar-refractivity contribution >= 4 is 22.8 Å². The van der Waals surface area contributed by atoms with E-state index in [0.717, 1.165) is 0 Å². The van der Waals surface area contributed by atoms with Gasteiger partial charge in [-0.1, -0.05) is 12.1 Å². The number of fused-ring (bicyclic) bond motifs is 1. The zero-order chi connectivity index (χ0) is 19.8. The minimum Gasteiger partial charge on any atom is -0.339 e. The van der Waals surface area contributed by atoms with E-state index in [-0.39, 0.29) is 11.8 Å². The molecule has 0 saturated carbocycles. The van der Waals surface area contributed by atoms with Gasteiger partial charge in [-0.3, -0.25) is 14.3 Å². The van der Waals surface area contributed by atoms with Gasteiger partial charge >= 0.3 is 0 Å². The molecular weight excluding hydrogens is 361 g/mol. The summed E-state index contributed by atoms with van der Waals surface area (Å²) < 4.78 is 15.9. The Labute approximate surface area is 161 Å². The number of nitrogens with zero attached hydrogens (tertiary/aromatic N) is 5. The summed E-state index contributed by atoms with van der Waals surface area (Å²) in [6.45, 7) is 3.44. The van der Waals surface area contributed by atoms with Crippen LogP contribution in [0.2, 0.25) is 0 Å². The number of hydrogen-bond acceptors (Lipinski definition) is 4. The van der Waals surface area contributed by atoms with Gasteiger partial charge in [0.05, 0.1) is 22.8 Å². The van der Waals surface area contributed by atoms with Crippen LogP contribution < -0.4 is 0 Å². The van der Waals surface area contributed by atoms with Crippen LogP contribution in [0, 0.1) is 5.82 Å². The number of amides is 2. The lowest BCUT2D eigenvalue weighted by Gasteiger charge is -2.34. The third kappa shape index (κ3) is 3.11. The standard InChI is InChI=1S/C20H20FN5O2/c1-13(27)25-7-9-26(10-8-25)20(28)15-11-18(14-5-3-4-6-17(14)21)23-19-16(15)12-22-24(19)2/h3-6,11-12H,7-10H2,1-2H3. The molecule has 1 fully saturated rings. The van der Waals surface area contributed by atoms with Crippen LogP contribution >= 0.6 is 0 Å². The van der Waals surface area contributed by atoms with Crippen molar-refractivity contribution in [1.82, 2.24) is 24.6 Å². The monoisotopic (exact) mass is 381 g/mol. The van der Waals surface area contributed by atoms with E-state index in [0.29, 0.717) is 54.0 Å². The first-order chi connectivity index (χ1) is 13.5. The van der Waals surface area contributed by atoms with Crippen LogP contribution in [-0.2, 0) is 11.8 Å². The minimum atomic E-state index is -0.398. The largest absolute Gasteiger partial charge is 0.339 e. The molecule has 2 amide bonds. The first-order valence-electron chi connectivity index (χ1n) is 9.08. The third-order valence-electron chi connectivity index (χ3n) is 5.10. The fraction of sp³-hybridized carbons (Fsp3) is 0.300. The molecule has 0 atom stereocenters. The number of hydrogen-bond donors (Lipinski definition) is 0. The highest BCUT2D eigenvalue weighted by atomic mass is 19.1. The van der Waals surface area contributed by atoms with E-state index in [1.807, 2.05) is 0 Å². The molecular formula is C20H20FN5O2. The van der Waals surface area contributed by atoms with E-state index < -0.39 is 5.82 Å². The Morgan fingerprint density at radius 2 is 1.75 bits per heavy atom. The molecule has 8 heteroatoms. The topological polar surface area (TPSA) is 71.3 Å². The molecule has 1 aromatic carbocycles. The number of aryl methyl sites for hydroxylation is 1. The second-order valence-corrected chi connectivity index (χ2v) is 6.84. The predicted molar refractivity (Wildman–Crippen MR) is 102 cm³/mol. The Balaban J connectivity index is 1.75. The molecule has 0 spiro atoms. The molecule has 3 heterocycles. The molecule has 1 aliphatic rings. The van der Waals surface area contributed by atoms with Gasteiger partial charge in [0.15, 0.2) is 5.65 Å². The van der Waals surface area contributed by atoms with Crippen LogP contribution in [-0.4, -0.2) is 62.6 Å². The summed E-state index contributed by atoms with van der Waals surface area (Å²) in [5.41, 5.74) is 1.68. The molecule has 28 heavy (non-hydrogen) atoms. The van der Waals surface area contributed by atoms with Gasteiger partial charge < -0.3 is 9.80 Å². The quantitative estimate of drug-likeness (QED) is 0.681. The van der Waals surface area contributed by atoms with Crippen molar-refractivity contribution in [3.05, 3.63) is 47.9 Å². The Morgan fingerprint density at radius 3 is 2.43 bits per heavy atom. The average molecular weight is 381 g/mol. The molecule has 1 aliphatic heterocycles. The smallest absolute Gasteiger partial charge is 0.254 e. The predicted octanol–water partition coefficient (Wildman–Crippen LogP) is 2.08. The number of halogens is 1. The van der Waals surface area contributed by atoms with Crippen molar-refractivity contribution in [3.63, 3.8) is 0 Å². The molecule has 0 unspecified atom stereocenters. The number of piperazine rings is 1. The maximum absolute atomic E-state index is 14.3. The lowest BCUT2D eigenvalue weighted by molar-refractivity contribution is -0.130. The molecule has 0 aliphatic carbocycles. The summed E-state index contributed by atoms with van der Waals surface area (Å²) in [4.78, 5) is 32.7. The highest BCUT2D eigenvalue weighted by Gasteiger charge is 2.26. The van der Waals surface area contributed by atoms with E-state index >= 15 is 0 Å². The van der Waals surface area contributed by atoms with Gasteiger partial charge in [0.1, 0.15) is 5.82 Å². The van der Waals surface area contributed by atoms with Gasteiger partial charge in [0.2, 0.25) is 5.91 Å². The van der Waals surface area contributed by atoms with E-state index in [4.69, 9.17) is 0 Å². The van der Waals surface area contributed by atoms with Crippen LogP contribution in [0.5, 0.6) is 0 Å². The van der Waals surface area contributed by atoms with Crippen molar-refractivity contribution in [2.24, 2.45) is 7.05 Å². The van der Waals surface area contributed by atoms with Gasteiger partial charge in [0.25, 0.3) is 5.91 Å². The number of carbonyl (C=O) groups is 2. The maximum atomic E-state index is 14.3. The molecule has 4 rings (SSSR count). The Kier molecular flexibility index (Phi) is 4.54. The van der Waals surface area contributed by atoms with Crippen molar-refractivity contribution < 1.29 is 14.0 Å².